The zero-order valence-corrected chi connectivity index (χ0v) is 11.2. The molecule has 0 atom stereocenters. The maximum atomic E-state index is 3.45. The zero-order valence-electron chi connectivity index (χ0n) is 11.2. The molecule has 2 rings (SSSR count). The number of anilines is 2. The van der Waals surface area contributed by atoms with Crippen molar-refractivity contribution >= 4 is 11.4 Å². The molecular weight excluding hydrogens is 210 g/mol. The average molecular weight is 233 g/mol. The van der Waals surface area contributed by atoms with E-state index in [4.69, 9.17) is 0 Å². The predicted octanol–water partition coefficient (Wildman–Crippen LogP) is 2.04. The van der Waals surface area contributed by atoms with E-state index in [1.54, 1.807) is 0 Å². The van der Waals surface area contributed by atoms with Gasteiger partial charge in [0.25, 0.3) is 0 Å². The number of hydrogen-bond acceptors (Lipinski definition) is 3. The number of fused-ring (bicyclic) bond motifs is 1. The molecule has 1 aliphatic rings. The Hall–Kier alpha value is -1.22. The summed E-state index contributed by atoms with van der Waals surface area (Å²) in [5, 5.41) is 3.45. The van der Waals surface area contributed by atoms with E-state index < -0.39 is 0 Å². The second-order valence-electron chi connectivity index (χ2n) is 5.10. The van der Waals surface area contributed by atoms with Crippen LogP contribution in [0.4, 0.5) is 11.4 Å². The van der Waals surface area contributed by atoms with Gasteiger partial charge < -0.3 is 15.1 Å². The number of hydrogen-bond donors (Lipinski definition) is 1. The molecule has 17 heavy (non-hydrogen) atoms. The molecule has 0 spiro atoms. The van der Waals surface area contributed by atoms with Gasteiger partial charge in [-0.15, -0.1) is 0 Å². The smallest absolute Gasteiger partial charge is 0.0374 e. The summed E-state index contributed by atoms with van der Waals surface area (Å²) in [6.07, 6.45) is 2.45. The summed E-state index contributed by atoms with van der Waals surface area (Å²) in [5.41, 5.74) is 4.11. The van der Waals surface area contributed by atoms with Gasteiger partial charge in [-0.1, -0.05) is 0 Å². The topological polar surface area (TPSA) is 18.5 Å². The number of rotatable bonds is 4. The van der Waals surface area contributed by atoms with Crippen LogP contribution in [-0.4, -0.2) is 45.7 Å². The first-order valence-electron chi connectivity index (χ1n) is 6.39. The van der Waals surface area contributed by atoms with Crippen molar-refractivity contribution in [3.05, 3.63) is 23.8 Å². The molecule has 0 aromatic heterocycles. The highest BCUT2D eigenvalue weighted by molar-refractivity contribution is 5.61. The van der Waals surface area contributed by atoms with Crippen molar-refractivity contribution in [3.8, 4) is 0 Å². The molecule has 1 aromatic rings. The zero-order chi connectivity index (χ0) is 12.3. The molecule has 1 aromatic carbocycles. The number of nitrogens with zero attached hydrogens (tertiary/aromatic N) is 2. The predicted molar refractivity (Wildman–Crippen MR) is 75.1 cm³/mol. The van der Waals surface area contributed by atoms with Crippen molar-refractivity contribution in [1.82, 2.24) is 4.90 Å². The summed E-state index contributed by atoms with van der Waals surface area (Å²) in [4.78, 5) is 4.55. The van der Waals surface area contributed by atoms with Gasteiger partial charge in [0.2, 0.25) is 0 Å². The quantitative estimate of drug-likeness (QED) is 0.858. The van der Waals surface area contributed by atoms with E-state index in [1.807, 2.05) is 0 Å². The fraction of sp³-hybridized carbons (Fsp3) is 0.571. The lowest BCUT2D eigenvalue weighted by Gasteiger charge is -2.24. The van der Waals surface area contributed by atoms with Crippen LogP contribution in [-0.2, 0) is 6.42 Å². The first kappa shape index (κ1) is 12.2. The van der Waals surface area contributed by atoms with E-state index >= 15 is 0 Å². The Morgan fingerprint density at radius 2 is 2.00 bits per heavy atom. The molecule has 0 aliphatic carbocycles. The summed E-state index contributed by atoms with van der Waals surface area (Å²) in [7, 11) is 6.40. The maximum absolute atomic E-state index is 3.45. The lowest BCUT2D eigenvalue weighted by molar-refractivity contribution is 0.416. The minimum Gasteiger partial charge on any atom is -0.385 e. The van der Waals surface area contributed by atoms with Gasteiger partial charge >= 0.3 is 0 Å². The van der Waals surface area contributed by atoms with Gasteiger partial charge in [-0.3, -0.25) is 0 Å². The van der Waals surface area contributed by atoms with Gasteiger partial charge in [0.05, 0.1) is 0 Å². The molecule has 0 radical (unpaired) electrons. The molecule has 3 heteroatoms. The number of nitrogens with one attached hydrogen (secondary N) is 1. The molecule has 1 N–H and O–H groups in total. The fourth-order valence-electron chi connectivity index (χ4n) is 2.18. The lowest BCUT2D eigenvalue weighted by atomic mass is 10.0. The van der Waals surface area contributed by atoms with Crippen LogP contribution in [0, 0.1) is 0 Å². The van der Waals surface area contributed by atoms with Gasteiger partial charge in [-0.05, 0) is 50.7 Å². The van der Waals surface area contributed by atoms with Gasteiger partial charge in [0.1, 0.15) is 0 Å². The Bertz CT molecular complexity index is 374. The normalized spacial score (nSPS) is 14.4. The molecule has 3 nitrogen and oxygen atoms in total. The van der Waals surface area contributed by atoms with Crippen molar-refractivity contribution in [2.24, 2.45) is 0 Å². The molecule has 0 fully saturated rings. The molecule has 0 bridgehead atoms. The molecule has 0 unspecified atom stereocenters. The van der Waals surface area contributed by atoms with Gasteiger partial charge in [-0.2, -0.15) is 0 Å². The minimum atomic E-state index is 1.07. The third-order valence-corrected chi connectivity index (χ3v) is 3.35. The van der Waals surface area contributed by atoms with Crippen LogP contribution < -0.4 is 10.2 Å². The van der Waals surface area contributed by atoms with Crippen molar-refractivity contribution in [1.29, 1.82) is 0 Å². The van der Waals surface area contributed by atoms with Gasteiger partial charge in [-0.25, -0.2) is 0 Å². The summed E-state index contributed by atoms with van der Waals surface area (Å²) < 4.78 is 0. The van der Waals surface area contributed by atoms with Crippen molar-refractivity contribution in [2.75, 3.05) is 51.0 Å². The molecule has 1 aliphatic heterocycles. The molecule has 94 valence electrons. The van der Waals surface area contributed by atoms with Gasteiger partial charge in [0, 0.05) is 38.1 Å². The van der Waals surface area contributed by atoms with E-state index in [-0.39, 0.29) is 0 Å². The second kappa shape index (κ2) is 5.41. The summed E-state index contributed by atoms with van der Waals surface area (Å²) in [5.74, 6) is 0. The van der Waals surface area contributed by atoms with Crippen LogP contribution in [0.3, 0.4) is 0 Å². The lowest BCUT2D eigenvalue weighted by Crippen LogP contribution is -2.28. The number of likely N-dealkylation sites (N-methyl/N-ethyl adjacent to an activating group) is 2. The highest BCUT2D eigenvalue weighted by Crippen LogP contribution is 2.26. The number of aryl methyl sites for hydroxylation is 1. The van der Waals surface area contributed by atoms with E-state index in [0.717, 1.165) is 19.6 Å². The molecule has 0 saturated carbocycles. The van der Waals surface area contributed by atoms with Crippen molar-refractivity contribution in [2.45, 2.75) is 12.8 Å². The van der Waals surface area contributed by atoms with E-state index in [9.17, 15) is 0 Å². The Labute approximate surface area is 104 Å². The SMILES string of the molecule is CN(C)CCN(C)c1ccc2c(c1)CCCN2. The molecule has 0 saturated heterocycles. The first-order valence-corrected chi connectivity index (χ1v) is 6.39. The third-order valence-electron chi connectivity index (χ3n) is 3.35. The third kappa shape index (κ3) is 3.13. The minimum absolute atomic E-state index is 1.07. The maximum Gasteiger partial charge on any atom is 0.0374 e. The first-order chi connectivity index (χ1) is 8.16. The molecule has 1 heterocycles. The van der Waals surface area contributed by atoms with E-state index in [0.29, 0.717) is 0 Å². The highest BCUT2D eigenvalue weighted by atomic mass is 15.2. The standard InChI is InChI=1S/C14H23N3/c1-16(2)9-10-17(3)13-6-7-14-12(11-13)5-4-8-15-14/h6-7,11,15H,4-5,8-10H2,1-3H3. The van der Waals surface area contributed by atoms with Crippen LogP contribution in [0.5, 0.6) is 0 Å². The average Bonchev–Trinajstić information content (AvgIpc) is 2.35. The van der Waals surface area contributed by atoms with E-state index in [1.165, 1.54) is 29.8 Å². The van der Waals surface area contributed by atoms with Crippen molar-refractivity contribution < 1.29 is 0 Å². The second-order valence-corrected chi connectivity index (χ2v) is 5.10. The monoisotopic (exact) mass is 233 g/mol. The van der Waals surface area contributed by atoms with Crippen LogP contribution in [0.2, 0.25) is 0 Å². The summed E-state index contributed by atoms with van der Waals surface area (Å²) in [6, 6.07) is 6.76. The Morgan fingerprint density at radius 1 is 1.18 bits per heavy atom. The summed E-state index contributed by atoms with van der Waals surface area (Å²) in [6.45, 7) is 3.27. The van der Waals surface area contributed by atoms with Crippen LogP contribution in [0.15, 0.2) is 18.2 Å². The fourth-order valence-corrected chi connectivity index (χ4v) is 2.18. The van der Waals surface area contributed by atoms with Crippen LogP contribution in [0.1, 0.15) is 12.0 Å². The molecule has 0 amide bonds. The Kier molecular flexibility index (Phi) is 3.89. The number of benzene rings is 1. The summed E-state index contributed by atoms with van der Waals surface area (Å²) >= 11 is 0. The van der Waals surface area contributed by atoms with E-state index in [2.05, 4.69) is 54.5 Å². The van der Waals surface area contributed by atoms with Crippen molar-refractivity contribution in [3.63, 3.8) is 0 Å². The highest BCUT2D eigenvalue weighted by Gasteiger charge is 2.10. The Morgan fingerprint density at radius 3 is 2.76 bits per heavy atom. The molecular formula is C14H23N3. The Balaban J connectivity index is 2.05. The van der Waals surface area contributed by atoms with Gasteiger partial charge in [0.15, 0.2) is 0 Å². The largest absolute Gasteiger partial charge is 0.385 e. The van der Waals surface area contributed by atoms with Crippen LogP contribution >= 0.6 is 0 Å². The van der Waals surface area contributed by atoms with Crippen LogP contribution in [0.25, 0.3) is 0 Å².